The zero-order valence-corrected chi connectivity index (χ0v) is 13.6. The highest BCUT2D eigenvalue weighted by Crippen LogP contribution is 2.25. The van der Waals surface area contributed by atoms with Crippen molar-refractivity contribution in [3.05, 3.63) is 89.7 Å². The molecule has 24 heavy (non-hydrogen) atoms. The normalized spacial score (nSPS) is 11.6. The third-order valence-electron chi connectivity index (χ3n) is 3.61. The minimum Gasteiger partial charge on any atom is -0.260 e. The number of aromatic nitrogens is 2. The lowest BCUT2D eigenvalue weighted by Crippen LogP contribution is -2.08. The molecule has 0 aliphatic rings. The fraction of sp³-hybridized carbons (Fsp3) is 0. The van der Waals surface area contributed by atoms with Crippen LogP contribution in [-0.2, 0) is 0 Å². The average Bonchev–Trinajstić information content (AvgIpc) is 3.13. The lowest BCUT2D eigenvalue weighted by Gasteiger charge is -2.08. The van der Waals surface area contributed by atoms with Crippen molar-refractivity contribution in [2.24, 2.45) is 5.10 Å². The summed E-state index contributed by atoms with van der Waals surface area (Å²) in [6, 6.07) is 19.9. The first-order chi connectivity index (χ1) is 11.9. The van der Waals surface area contributed by atoms with Gasteiger partial charge in [0.25, 0.3) is 0 Å². The van der Waals surface area contributed by atoms with Gasteiger partial charge in [0.2, 0.25) is 0 Å². The summed E-state index contributed by atoms with van der Waals surface area (Å²) >= 11 is 1.69. The molecule has 4 aromatic rings. The molecule has 0 spiro atoms. The van der Waals surface area contributed by atoms with Crippen molar-refractivity contribution >= 4 is 33.0 Å². The Balaban J connectivity index is 1.76. The number of nitrogens with zero attached hydrogens (tertiary/aromatic N) is 3. The summed E-state index contributed by atoms with van der Waals surface area (Å²) in [5, 5.41) is 7.73. The van der Waals surface area contributed by atoms with Crippen molar-refractivity contribution in [3.8, 4) is 0 Å². The third kappa shape index (κ3) is 2.89. The summed E-state index contributed by atoms with van der Waals surface area (Å²) in [5.41, 5.74) is 5.71. The molecule has 3 heterocycles. The molecule has 0 saturated carbocycles. The van der Waals surface area contributed by atoms with E-state index in [-0.39, 0.29) is 0 Å². The number of pyridine rings is 2. The molecule has 0 saturated heterocycles. The van der Waals surface area contributed by atoms with Gasteiger partial charge >= 0.3 is 0 Å². The number of anilines is 1. The van der Waals surface area contributed by atoms with Crippen LogP contribution >= 0.6 is 11.3 Å². The number of hydrogen-bond acceptors (Lipinski definition) is 5. The van der Waals surface area contributed by atoms with Crippen LogP contribution in [-0.4, -0.2) is 15.7 Å². The van der Waals surface area contributed by atoms with E-state index in [1.54, 1.807) is 23.7 Å². The maximum atomic E-state index is 4.61. The predicted molar refractivity (Wildman–Crippen MR) is 99.6 cm³/mol. The van der Waals surface area contributed by atoms with Gasteiger partial charge in [-0.25, -0.2) is 4.98 Å². The molecule has 1 aromatic carbocycles. The maximum absolute atomic E-state index is 4.61. The van der Waals surface area contributed by atoms with E-state index in [0.717, 1.165) is 28.2 Å². The average molecular weight is 330 g/mol. The summed E-state index contributed by atoms with van der Waals surface area (Å²) in [4.78, 5) is 8.84. The number of rotatable bonds is 4. The van der Waals surface area contributed by atoms with Gasteiger partial charge in [0, 0.05) is 28.0 Å². The molecule has 0 fully saturated rings. The van der Waals surface area contributed by atoms with E-state index >= 15 is 0 Å². The zero-order chi connectivity index (χ0) is 16.2. The second-order valence-corrected chi connectivity index (χ2v) is 6.09. The SMILES string of the molecule is c1ccc(/C(=N\Nc2nccc3sccc23)c2ccccn2)cc1. The summed E-state index contributed by atoms with van der Waals surface area (Å²) in [6.45, 7) is 0. The molecular formula is C19H14N4S. The molecule has 0 aliphatic heterocycles. The molecule has 4 nitrogen and oxygen atoms in total. The van der Waals surface area contributed by atoms with Gasteiger partial charge in [-0.1, -0.05) is 36.4 Å². The van der Waals surface area contributed by atoms with Crippen molar-refractivity contribution in [1.82, 2.24) is 9.97 Å². The minimum atomic E-state index is 0.748. The van der Waals surface area contributed by atoms with Crippen molar-refractivity contribution in [1.29, 1.82) is 0 Å². The molecular weight excluding hydrogens is 316 g/mol. The Hall–Kier alpha value is -3.05. The Morgan fingerprint density at radius 2 is 1.75 bits per heavy atom. The molecule has 0 unspecified atom stereocenters. The number of fused-ring (bicyclic) bond motifs is 1. The van der Waals surface area contributed by atoms with Crippen LogP contribution < -0.4 is 5.43 Å². The Kier molecular flexibility index (Phi) is 4.00. The maximum Gasteiger partial charge on any atom is 0.154 e. The van der Waals surface area contributed by atoms with E-state index in [1.807, 2.05) is 60.7 Å². The largest absolute Gasteiger partial charge is 0.260 e. The number of nitrogens with one attached hydrogen (secondary N) is 1. The molecule has 116 valence electrons. The standard InChI is InChI=1S/C19H14N4S/c1-2-6-14(7-3-1)18(16-8-4-5-11-20-16)22-23-19-15-10-13-24-17(15)9-12-21-19/h1-13H,(H,21,23)/b22-18+. The number of hydrazone groups is 1. The van der Waals surface area contributed by atoms with Gasteiger partial charge in [0.05, 0.1) is 5.69 Å². The van der Waals surface area contributed by atoms with Crippen molar-refractivity contribution < 1.29 is 0 Å². The molecule has 0 aliphatic carbocycles. The van der Waals surface area contributed by atoms with Crippen LogP contribution in [0.25, 0.3) is 10.1 Å². The minimum absolute atomic E-state index is 0.748. The van der Waals surface area contributed by atoms with Gasteiger partial charge in [-0.3, -0.25) is 10.4 Å². The zero-order valence-electron chi connectivity index (χ0n) is 12.8. The van der Waals surface area contributed by atoms with Crippen LogP contribution in [0.15, 0.2) is 83.5 Å². The van der Waals surface area contributed by atoms with Crippen LogP contribution in [0.4, 0.5) is 5.82 Å². The smallest absolute Gasteiger partial charge is 0.154 e. The Morgan fingerprint density at radius 1 is 0.875 bits per heavy atom. The second-order valence-electron chi connectivity index (χ2n) is 5.15. The molecule has 3 aromatic heterocycles. The predicted octanol–water partition coefficient (Wildman–Crippen LogP) is 4.56. The van der Waals surface area contributed by atoms with Gasteiger partial charge in [0.1, 0.15) is 5.71 Å². The fourth-order valence-corrected chi connectivity index (χ4v) is 3.24. The quantitative estimate of drug-likeness (QED) is 0.441. The number of hydrogen-bond donors (Lipinski definition) is 1. The highest BCUT2D eigenvalue weighted by molar-refractivity contribution is 7.17. The first-order valence-electron chi connectivity index (χ1n) is 7.54. The topological polar surface area (TPSA) is 50.2 Å². The Morgan fingerprint density at radius 3 is 2.58 bits per heavy atom. The number of benzene rings is 1. The fourth-order valence-electron chi connectivity index (χ4n) is 2.46. The van der Waals surface area contributed by atoms with Crippen LogP contribution in [0.3, 0.4) is 0 Å². The lowest BCUT2D eigenvalue weighted by atomic mass is 10.1. The summed E-state index contributed by atoms with van der Waals surface area (Å²) in [5.74, 6) is 0.748. The van der Waals surface area contributed by atoms with E-state index in [1.165, 1.54) is 4.70 Å². The van der Waals surface area contributed by atoms with Crippen molar-refractivity contribution in [3.63, 3.8) is 0 Å². The molecule has 0 bridgehead atoms. The second kappa shape index (κ2) is 6.60. The molecule has 1 N–H and O–H groups in total. The van der Waals surface area contributed by atoms with Crippen molar-refractivity contribution in [2.45, 2.75) is 0 Å². The molecule has 0 amide bonds. The number of thiophene rings is 1. The van der Waals surface area contributed by atoms with Crippen LogP contribution in [0.2, 0.25) is 0 Å². The Labute approximate surface area is 143 Å². The molecule has 5 heteroatoms. The Bertz CT molecular complexity index is 936. The summed E-state index contributed by atoms with van der Waals surface area (Å²) in [6.07, 6.45) is 3.56. The highest BCUT2D eigenvalue weighted by atomic mass is 32.1. The third-order valence-corrected chi connectivity index (χ3v) is 4.49. The van der Waals surface area contributed by atoms with Gasteiger partial charge in [-0.15, -0.1) is 11.3 Å². The van der Waals surface area contributed by atoms with Crippen LogP contribution in [0.1, 0.15) is 11.3 Å². The van der Waals surface area contributed by atoms with E-state index in [4.69, 9.17) is 0 Å². The van der Waals surface area contributed by atoms with E-state index < -0.39 is 0 Å². The highest BCUT2D eigenvalue weighted by Gasteiger charge is 2.09. The molecule has 4 rings (SSSR count). The lowest BCUT2D eigenvalue weighted by molar-refractivity contribution is 1.22. The van der Waals surface area contributed by atoms with Crippen molar-refractivity contribution in [2.75, 3.05) is 5.43 Å². The molecule has 0 atom stereocenters. The van der Waals surface area contributed by atoms with Gasteiger partial charge < -0.3 is 0 Å². The van der Waals surface area contributed by atoms with Gasteiger partial charge in [-0.2, -0.15) is 5.10 Å². The van der Waals surface area contributed by atoms with E-state index in [2.05, 4.69) is 25.9 Å². The monoisotopic (exact) mass is 330 g/mol. The first kappa shape index (κ1) is 14.5. The van der Waals surface area contributed by atoms with Gasteiger partial charge in [0.15, 0.2) is 5.82 Å². The van der Waals surface area contributed by atoms with Crippen LogP contribution in [0.5, 0.6) is 0 Å². The molecule has 0 radical (unpaired) electrons. The van der Waals surface area contributed by atoms with E-state index in [0.29, 0.717) is 0 Å². The van der Waals surface area contributed by atoms with Crippen LogP contribution in [0, 0.1) is 0 Å². The summed E-state index contributed by atoms with van der Waals surface area (Å²) in [7, 11) is 0. The summed E-state index contributed by atoms with van der Waals surface area (Å²) < 4.78 is 1.18. The first-order valence-corrected chi connectivity index (χ1v) is 8.42. The van der Waals surface area contributed by atoms with E-state index in [9.17, 15) is 0 Å². The van der Waals surface area contributed by atoms with Gasteiger partial charge in [-0.05, 0) is 29.6 Å².